The van der Waals surface area contributed by atoms with Gasteiger partial charge in [0.1, 0.15) is 11.5 Å². The standard InChI is InChI=1S/C17H12ClF2NO3/c1-10-2-4-15(24-17(19)20)12(6-10)14(22)9-23-16-5-3-11(8-21)7-13(16)18/h2-7,17H,9H2,1H3. The SMILES string of the molecule is Cc1ccc(OC(F)F)c(C(=O)COc2ccc(C#N)cc2Cl)c1. The number of ether oxygens (including phenoxy) is 2. The fourth-order valence-electron chi connectivity index (χ4n) is 1.97. The molecule has 0 aromatic heterocycles. The first-order valence-corrected chi connectivity index (χ1v) is 7.19. The smallest absolute Gasteiger partial charge is 0.387 e. The number of nitrogens with zero attached hydrogens (tertiary/aromatic N) is 1. The highest BCUT2D eigenvalue weighted by atomic mass is 35.5. The Hall–Kier alpha value is -2.65. The molecule has 2 aromatic rings. The van der Waals surface area contributed by atoms with Gasteiger partial charge in [-0.15, -0.1) is 0 Å². The molecule has 0 atom stereocenters. The van der Waals surface area contributed by atoms with Gasteiger partial charge >= 0.3 is 6.61 Å². The summed E-state index contributed by atoms with van der Waals surface area (Å²) in [6, 6.07) is 10.6. The number of carbonyl (C=O) groups is 1. The number of alkyl halides is 2. The van der Waals surface area contributed by atoms with E-state index in [0.717, 1.165) is 5.56 Å². The van der Waals surface area contributed by atoms with E-state index in [0.29, 0.717) is 5.56 Å². The summed E-state index contributed by atoms with van der Waals surface area (Å²) >= 11 is 5.95. The number of carbonyl (C=O) groups excluding carboxylic acids is 1. The molecule has 4 nitrogen and oxygen atoms in total. The topological polar surface area (TPSA) is 59.3 Å². The summed E-state index contributed by atoms with van der Waals surface area (Å²) in [6.45, 7) is -1.72. The minimum atomic E-state index is -3.03. The Morgan fingerprint density at radius 1 is 1.25 bits per heavy atom. The Balaban J connectivity index is 2.15. The summed E-state index contributed by atoms with van der Waals surface area (Å²) in [5.41, 5.74) is 1.07. The molecule has 0 amide bonds. The number of benzene rings is 2. The molecule has 124 valence electrons. The Kier molecular flexibility index (Phi) is 5.72. The number of halogens is 3. The van der Waals surface area contributed by atoms with Gasteiger partial charge in [0.15, 0.2) is 6.61 Å². The lowest BCUT2D eigenvalue weighted by Gasteiger charge is -2.12. The van der Waals surface area contributed by atoms with E-state index in [-0.39, 0.29) is 22.1 Å². The summed E-state index contributed by atoms with van der Waals surface area (Å²) in [5, 5.41) is 8.95. The van der Waals surface area contributed by atoms with Crippen LogP contribution < -0.4 is 9.47 Å². The lowest BCUT2D eigenvalue weighted by atomic mass is 10.1. The molecular weight excluding hydrogens is 340 g/mol. The second-order valence-electron chi connectivity index (χ2n) is 4.85. The predicted molar refractivity (Wildman–Crippen MR) is 83.8 cm³/mol. The van der Waals surface area contributed by atoms with Gasteiger partial charge in [0.25, 0.3) is 0 Å². The summed E-state index contributed by atoms with van der Waals surface area (Å²) in [7, 11) is 0. The summed E-state index contributed by atoms with van der Waals surface area (Å²) < 4.78 is 34.5. The number of hydrogen-bond acceptors (Lipinski definition) is 4. The Morgan fingerprint density at radius 2 is 1.96 bits per heavy atom. The quantitative estimate of drug-likeness (QED) is 0.724. The largest absolute Gasteiger partial charge is 0.484 e. The van der Waals surface area contributed by atoms with Crippen LogP contribution in [0.1, 0.15) is 21.5 Å². The normalized spacial score (nSPS) is 10.3. The van der Waals surface area contributed by atoms with Gasteiger partial charge in [-0.1, -0.05) is 23.2 Å². The van der Waals surface area contributed by atoms with Crippen molar-refractivity contribution in [3.05, 3.63) is 58.1 Å². The van der Waals surface area contributed by atoms with E-state index >= 15 is 0 Å². The highest BCUT2D eigenvalue weighted by Gasteiger charge is 2.17. The Labute approximate surface area is 142 Å². The molecule has 0 unspecified atom stereocenters. The third-order valence-corrected chi connectivity index (χ3v) is 3.37. The maximum Gasteiger partial charge on any atom is 0.387 e. The molecule has 24 heavy (non-hydrogen) atoms. The summed E-state index contributed by atoms with van der Waals surface area (Å²) in [4.78, 5) is 12.3. The van der Waals surface area contributed by atoms with Crippen molar-refractivity contribution in [1.82, 2.24) is 0 Å². The summed E-state index contributed by atoms with van der Waals surface area (Å²) in [5.74, 6) is -0.530. The second-order valence-corrected chi connectivity index (χ2v) is 5.25. The number of hydrogen-bond donors (Lipinski definition) is 0. The van der Waals surface area contributed by atoms with E-state index in [1.165, 1.54) is 30.3 Å². The molecule has 0 bridgehead atoms. The van der Waals surface area contributed by atoms with Crippen molar-refractivity contribution in [3.8, 4) is 17.6 Å². The van der Waals surface area contributed by atoms with Crippen LogP contribution in [0.4, 0.5) is 8.78 Å². The molecule has 0 saturated carbocycles. The van der Waals surface area contributed by atoms with Crippen molar-refractivity contribution >= 4 is 17.4 Å². The molecule has 0 radical (unpaired) electrons. The molecule has 0 aliphatic carbocycles. The second kappa shape index (κ2) is 7.75. The van der Waals surface area contributed by atoms with Crippen molar-refractivity contribution in [3.63, 3.8) is 0 Å². The van der Waals surface area contributed by atoms with Crippen LogP contribution >= 0.6 is 11.6 Å². The molecule has 2 aromatic carbocycles. The molecule has 0 N–H and O–H groups in total. The van der Waals surface area contributed by atoms with Crippen molar-refractivity contribution in [2.24, 2.45) is 0 Å². The monoisotopic (exact) mass is 351 g/mol. The van der Waals surface area contributed by atoms with Gasteiger partial charge in [-0.2, -0.15) is 14.0 Å². The zero-order chi connectivity index (χ0) is 17.7. The molecule has 0 aliphatic rings. The van der Waals surface area contributed by atoms with Gasteiger partial charge < -0.3 is 9.47 Å². The molecule has 7 heteroatoms. The van der Waals surface area contributed by atoms with Gasteiger partial charge in [-0.25, -0.2) is 0 Å². The first-order valence-electron chi connectivity index (χ1n) is 6.82. The number of aryl methyl sites for hydroxylation is 1. The van der Waals surface area contributed by atoms with E-state index in [1.54, 1.807) is 13.0 Å². The van der Waals surface area contributed by atoms with E-state index in [4.69, 9.17) is 21.6 Å². The molecular formula is C17H12ClF2NO3. The maximum absolute atomic E-state index is 12.4. The molecule has 0 aliphatic heterocycles. The molecule has 0 heterocycles. The van der Waals surface area contributed by atoms with Crippen LogP contribution in [0, 0.1) is 18.3 Å². The lowest BCUT2D eigenvalue weighted by Crippen LogP contribution is -2.15. The summed E-state index contributed by atoms with van der Waals surface area (Å²) in [6.07, 6.45) is 0. The number of rotatable bonds is 6. The average Bonchev–Trinajstić information content (AvgIpc) is 2.54. The van der Waals surface area contributed by atoms with E-state index in [1.807, 2.05) is 6.07 Å². The van der Waals surface area contributed by atoms with Gasteiger partial charge in [-0.05, 0) is 37.3 Å². The van der Waals surface area contributed by atoms with Crippen molar-refractivity contribution in [2.75, 3.05) is 6.61 Å². The third kappa shape index (κ3) is 4.43. The van der Waals surface area contributed by atoms with Crippen LogP contribution in [0.3, 0.4) is 0 Å². The maximum atomic E-state index is 12.4. The minimum Gasteiger partial charge on any atom is -0.484 e. The van der Waals surface area contributed by atoms with E-state index in [2.05, 4.69) is 4.74 Å². The van der Waals surface area contributed by atoms with Crippen molar-refractivity contribution in [2.45, 2.75) is 13.5 Å². The zero-order valence-electron chi connectivity index (χ0n) is 12.6. The van der Waals surface area contributed by atoms with Gasteiger partial charge in [0.05, 0.1) is 22.2 Å². The van der Waals surface area contributed by atoms with E-state index in [9.17, 15) is 13.6 Å². The van der Waals surface area contributed by atoms with Crippen LogP contribution in [0.5, 0.6) is 11.5 Å². The first-order chi connectivity index (χ1) is 11.4. The van der Waals surface area contributed by atoms with Crippen LogP contribution in [0.15, 0.2) is 36.4 Å². The molecule has 0 spiro atoms. The van der Waals surface area contributed by atoms with Crippen molar-refractivity contribution in [1.29, 1.82) is 5.26 Å². The van der Waals surface area contributed by atoms with Gasteiger partial charge in [0.2, 0.25) is 5.78 Å². The van der Waals surface area contributed by atoms with Crippen LogP contribution in [0.25, 0.3) is 0 Å². The van der Waals surface area contributed by atoms with Crippen molar-refractivity contribution < 1.29 is 23.0 Å². The predicted octanol–water partition coefficient (Wildman–Crippen LogP) is 4.38. The van der Waals surface area contributed by atoms with Crippen LogP contribution in [-0.2, 0) is 0 Å². The minimum absolute atomic E-state index is 0.0000625. The fraction of sp³-hybridized carbons (Fsp3) is 0.176. The number of Topliss-reactive ketones (excluding diaryl/α,β-unsaturated/α-hetero) is 1. The van der Waals surface area contributed by atoms with Crippen LogP contribution in [0.2, 0.25) is 5.02 Å². The fourth-order valence-corrected chi connectivity index (χ4v) is 2.20. The molecule has 2 rings (SSSR count). The van der Waals surface area contributed by atoms with Crippen LogP contribution in [-0.4, -0.2) is 19.0 Å². The van der Waals surface area contributed by atoms with Gasteiger partial charge in [0, 0.05) is 0 Å². The molecule has 0 fully saturated rings. The average molecular weight is 352 g/mol. The molecule has 0 saturated heterocycles. The first kappa shape index (κ1) is 17.7. The highest BCUT2D eigenvalue weighted by molar-refractivity contribution is 6.32. The zero-order valence-corrected chi connectivity index (χ0v) is 13.3. The third-order valence-electron chi connectivity index (χ3n) is 3.07. The number of ketones is 1. The Morgan fingerprint density at radius 3 is 2.58 bits per heavy atom. The highest BCUT2D eigenvalue weighted by Crippen LogP contribution is 2.27. The Bertz CT molecular complexity index is 803. The number of nitriles is 1. The van der Waals surface area contributed by atoms with Gasteiger partial charge in [-0.3, -0.25) is 4.79 Å². The van der Waals surface area contributed by atoms with E-state index < -0.39 is 19.0 Å². The lowest BCUT2D eigenvalue weighted by molar-refractivity contribution is -0.0501.